The third-order valence-corrected chi connectivity index (χ3v) is 8.23. The zero-order valence-corrected chi connectivity index (χ0v) is 18.7. The van der Waals surface area contributed by atoms with Gasteiger partial charge in [-0.25, -0.2) is 4.98 Å². The highest BCUT2D eigenvalue weighted by Crippen LogP contribution is 2.34. The predicted octanol–water partition coefficient (Wildman–Crippen LogP) is 4.45. The van der Waals surface area contributed by atoms with E-state index in [1.54, 1.807) is 22.0 Å². The highest BCUT2D eigenvalue weighted by molar-refractivity contribution is 8.00. The van der Waals surface area contributed by atoms with Gasteiger partial charge in [0.25, 0.3) is 5.56 Å². The van der Waals surface area contributed by atoms with E-state index in [4.69, 9.17) is 4.98 Å². The van der Waals surface area contributed by atoms with Crippen LogP contribution in [-0.2, 0) is 24.2 Å². The van der Waals surface area contributed by atoms with Crippen LogP contribution in [0.15, 0.2) is 22.6 Å². The molecule has 2 aliphatic carbocycles. The lowest BCUT2D eigenvalue weighted by molar-refractivity contribution is -0.120. The standard InChI is InChI=1S/C22H29N3O2S2/c1-3-13-25-21(27)18-16-11-5-4-6-12-17(16)29-20(18)24-22(25)28-14(2)19(26)23-15-9-7-8-10-15/h3,14-15H,1,4-13H2,2H3,(H,23,26)/t14-/m1/s1. The molecular weight excluding hydrogens is 402 g/mol. The van der Waals surface area contributed by atoms with E-state index in [0.717, 1.165) is 42.3 Å². The lowest BCUT2D eigenvalue weighted by Crippen LogP contribution is -2.38. The molecule has 0 unspecified atom stereocenters. The van der Waals surface area contributed by atoms with Crippen molar-refractivity contribution in [2.45, 2.75) is 87.7 Å². The van der Waals surface area contributed by atoms with Crippen molar-refractivity contribution in [1.82, 2.24) is 14.9 Å². The van der Waals surface area contributed by atoms with Crippen molar-refractivity contribution in [2.24, 2.45) is 0 Å². The molecule has 7 heteroatoms. The highest BCUT2D eigenvalue weighted by Gasteiger charge is 2.25. The Balaban J connectivity index is 1.66. The van der Waals surface area contributed by atoms with Crippen LogP contribution >= 0.6 is 23.1 Å². The highest BCUT2D eigenvalue weighted by atomic mass is 32.2. The number of amides is 1. The van der Waals surface area contributed by atoms with Crippen molar-refractivity contribution in [1.29, 1.82) is 0 Å². The minimum atomic E-state index is -0.297. The number of carbonyl (C=O) groups excluding carboxylic acids is 1. The summed E-state index contributed by atoms with van der Waals surface area (Å²) in [7, 11) is 0. The number of carbonyl (C=O) groups is 1. The first-order chi connectivity index (χ1) is 14.1. The van der Waals surface area contributed by atoms with Crippen LogP contribution in [0.5, 0.6) is 0 Å². The second-order valence-electron chi connectivity index (χ2n) is 8.09. The van der Waals surface area contributed by atoms with E-state index in [-0.39, 0.29) is 16.7 Å². The molecule has 2 aromatic heterocycles. The van der Waals surface area contributed by atoms with Gasteiger partial charge < -0.3 is 5.32 Å². The zero-order valence-electron chi connectivity index (χ0n) is 17.0. The second kappa shape index (κ2) is 9.04. The van der Waals surface area contributed by atoms with Crippen LogP contribution in [0.3, 0.4) is 0 Å². The number of thiophene rings is 1. The summed E-state index contributed by atoms with van der Waals surface area (Å²) in [6, 6.07) is 0.296. The average molecular weight is 432 g/mol. The van der Waals surface area contributed by atoms with Gasteiger partial charge in [0, 0.05) is 17.5 Å². The Morgan fingerprint density at radius 2 is 2.07 bits per heavy atom. The molecule has 2 heterocycles. The summed E-state index contributed by atoms with van der Waals surface area (Å²) < 4.78 is 1.69. The number of rotatable bonds is 6. The fourth-order valence-electron chi connectivity index (χ4n) is 4.38. The Labute approximate surface area is 180 Å². The largest absolute Gasteiger partial charge is 0.352 e. The predicted molar refractivity (Wildman–Crippen MR) is 121 cm³/mol. The molecule has 4 rings (SSSR count). The Hall–Kier alpha value is -1.60. The summed E-state index contributed by atoms with van der Waals surface area (Å²) in [5.74, 6) is 0.0309. The normalized spacial score (nSPS) is 18.4. The van der Waals surface area contributed by atoms with Crippen LogP contribution < -0.4 is 10.9 Å². The summed E-state index contributed by atoms with van der Waals surface area (Å²) in [4.78, 5) is 33.0. The van der Waals surface area contributed by atoms with Crippen molar-refractivity contribution >= 4 is 39.2 Å². The Morgan fingerprint density at radius 1 is 1.31 bits per heavy atom. The Morgan fingerprint density at radius 3 is 2.83 bits per heavy atom. The molecule has 2 aromatic rings. The molecule has 1 fully saturated rings. The van der Waals surface area contributed by atoms with Gasteiger partial charge in [0.2, 0.25) is 5.91 Å². The van der Waals surface area contributed by atoms with Crippen LogP contribution in [-0.4, -0.2) is 26.8 Å². The van der Waals surface area contributed by atoms with Gasteiger partial charge in [0.1, 0.15) is 4.83 Å². The monoisotopic (exact) mass is 431 g/mol. The fraction of sp³-hybridized carbons (Fsp3) is 0.591. The molecule has 0 aromatic carbocycles. The summed E-state index contributed by atoms with van der Waals surface area (Å²) >= 11 is 3.05. The summed E-state index contributed by atoms with van der Waals surface area (Å²) in [5.41, 5.74) is 1.22. The first kappa shape index (κ1) is 20.7. The van der Waals surface area contributed by atoms with Gasteiger partial charge in [0.05, 0.1) is 10.6 Å². The molecule has 156 valence electrons. The summed E-state index contributed by atoms with van der Waals surface area (Å²) in [5, 5.41) is 4.27. The van der Waals surface area contributed by atoms with E-state index in [0.29, 0.717) is 17.7 Å². The third kappa shape index (κ3) is 4.31. The molecule has 1 N–H and O–H groups in total. The quantitative estimate of drug-likeness (QED) is 0.318. The maximum atomic E-state index is 13.4. The number of hydrogen-bond acceptors (Lipinski definition) is 5. The van der Waals surface area contributed by atoms with Gasteiger partial charge in [-0.05, 0) is 51.0 Å². The minimum absolute atomic E-state index is 0.0141. The van der Waals surface area contributed by atoms with E-state index in [2.05, 4.69) is 11.9 Å². The topological polar surface area (TPSA) is 64.0 Å². The molecular formula is C22H29N3O2S2. The van der Waals surface area contributed by atoms with Gasteiger partial charge in [-0.15, -0.1) is 17.9 Å². The maximum Gasteiger partial charge on any atom is 0.263 e. The number of hydrogen-bond donors (Lipinski definition) is 1. The van der Waals surface area contributed by atoms with Gasteiger partial charge in [-0.2, -0.15) is 0 Å². The van der Waals surface area contributed by atoms with Gasteiger partial charge in [-0.1, -0.05) is 37.1 Å². The Bertz CT molecular complexity index is 973. The van der Waals surface area contributed by atoms with Crippen LogP contribution in [0, 0.1) is 0 Å². The molecule has 2 aliphatic rings. The van der Waals surface area contributed by atoms with Crippen molar-refractivity contribution in [3.63, 3.8) is 0 Å². The molecule has 0 spiro atoms. The molecule has 0 saturated heterocycles. The lowest BCUT2D eigenvalue weighted by Gasteiger charge is -2.17. The van der Waals surface area contributed by atoms with Gasteiger partial charge in [-0.3, -0.25) is 14.2 Å². The zero-order chi connectivity index (χ0) is 20.4. The number of nitrogens with zero attached hydrogens (tertiary/aromatic N) is 2. The number of allylic oxidation sites excluding steroid dienone is 1. The summed E-state index contributed by atoms with van der Waals surface area (Å²) in [6.45, 7) is 6.12. The molecule has 1 saturated carbocycles. The van der Waals surface area contributed by atoms with E-state index in [1.165, 1.54) is 47.9 Å². The molecule has 0 bridgehead atoms. The molecule has 1 atom stereocenters. The second-order valence-corrected chi connectivity index (χ2v) is 10.5. The number of nitrogens with one attached hydrogen (secondary N) is 1. The first-order valence-electron chi connectivity index (χ1n) is 10.7. The van der Waals surface area contributed by atoms with E-state index in [9.17, 15) is 9.59 Å². The SMILES string of the molecule is C=CCn1c(S[C@H](C)C(=O)NC2CCCC2)nc2sc3c(c2c1=O)CCCCC3. The van der Waals surface area contributed by atoms with E-state index < -0.39 is 0 Å². The van der Waals surface area contributed by atoms with E-state index >= 15 is 0 Å². The number of aryl methyl sites for hydroxylation is 2. The van der Waals surface area contributed by atoms with E-state index in [1.807, 2.05) is 6.92 Å². The fourth-order valence-corrected chi connectivity index (χ4v) is 6.61. The summed E-state index contributed by atoms with van der Waals surface area (Å²) in [6.07, 6.45) is 11.8. The van der Waals surface area contributed by atoms with Crippen molar-refractivity contribution in [3.05, 3.63) is 33.4 Å². The lowest BCUT2D eigenvalue weighted by atomic mass is 10.1. The number of aromatic nitrogens is 2. The molecule has 5 nitrogen and oxygen atoms in total. The molecule has 29 heavy (non-hydrogen) atoms. The molecule has 0 radical (unpaired) electrons. The molecule has 0 aliphatic heterocycles. The van der Waals surface area contributed by atoms with Gasteiger partial charge in [0.15, 0.2) is 5.16 Å². The minimum Gasteiger partial charge on any atom is -0.352 e. The van der Waals surface area contributed by atoms with Crippen LogP contribution in [0.2, 0.25) is 0 Å². The van der Waals surface area contributed by atoms with Gasteiger partial charge >= 0.3 is 0 Å². The smallest absolute Gasteiger partial charge is 0.263 e. The first-order valence-corrected chi connectivity index (χ1v) is 12.4. The molecule has 1 amide bonds. The van der Waals surface area contributed by atoms with Crippen molar-refractivity contribution in [2.75, 3.05) is 0 Å². The maximum absolute atomic E-state index is 13.4. The number of fused-ring (bicyclic) bond motifs is 3. The van der Waals surface area contributed by atoms with Crippen LogP contribution in [0.4, 0.5) is 0 Å². The van der Waals surface area contributed by atoms with Crippen molar-refractivity contribution < 1.29 is 4.79 Å². The third-order valence-electron chi connectivity index (χ3n) is 5.95. The Kier molecular flexibility index (Phi) is 6.44. The van der Waals surface area contributed by atoms with Crippen LogP contribution in [0.1, 0.15) is 62.3 Å². The van der Waals surface area contributed by atoms with Crippen molar-refractivity contribution in [3.8, 4) is 0 Å². The average Bonchev–Trinajstić information content (AvgIpc) is 3.26. The number of thioether (sulfide) groups is 1. The van der Waals surface area contributed by atoms with Crippen LogP contribution in [0.25, 0.3) is 10.2 Å².